The largest absolute Gasteiger partial charge is 0.422 e. The van der Waals surface area contributed by atoms with Crippen molar-refractivity contribution < 1.29 is 15.3 Å². The molecule has 0 aromatic carbocycles. The first-order valence-electron chi connectivity index (χ1n) is 3.13. The highest BCUT2D eigenvalue weighted by molar-refractivity contribution is 5.49. The zero-order chi connectivity index (χ0) is 11.0. The van der Waals surface area contributed by atoms with Crippen molar-refractivity contribution in [3.05, 3.63) is 26.1 Å². The van der Waals surface area contributed by atoms with E-state index >= 15 is 0 Å². The summed E-state index contributed by atoms with van der Waals surface area (Å²) in [6.45, 7) is 0. The van der Waals surface area contributed by atoms with Crippen molar-refractivity contribution in [2.75, 3.05) is 5.73 Å². The second kappa shape index (κ2) is 2.76. The van der Waals surface area contributed by atoms with Crippen LogP contribution in [-0.2, 0) is 0 Å². The fourth-order valence-corrected chi connectivity index (χ4v) is 0.790. The molecule has 0 aliphatic rings. The molecule has 1 rings (SSSR count). The Morgan fingerprint density at radius 2 is 1.93 bits per heavy atom. The number of anilines is 1. The Balaban J connectivity index is 3.88. The summed E-state index contributed by atoms with van der Waals surface area (Å²) in [4.78, 5) is 20.0. The highest BCUT2D eigenvalue weighted by Gasteiger charge is 2.23. The Bertz CT molecular complexity index is 512. The lowest BCUT2D eigenvalue weighted by atomic mass is 10.5. The van der Waals surface area contributed by atoms with Crippen molar-refractivity contribution in [1.82, 2.24) is 9.46 Å². The Morgan fingerprint density at radius 1 is 1.43 bits per heavy atom. The minimum Gasteiger partial charge on any atom is -0.422 e. The molecule has 76 valence electrons. The first-order chi connectivity index (χ1) is 6.37. The highest BCUT2D eigenvalue weighted by atomic mass is 16.6. The van der Waals surface area contributed by atoms with Gasteiger partial charge in [0.1, 0.15) is 0 Å². The lowest BCUT2D eigenvalue weighted by Crippen LogP contribution is -2.40. The standard InChI is InChI=1S/C4H5N5O5/c5-2-1(9(13)14)3(6)8(12)4(10)7(2)11/h5,11-12H,6H2. The van der Waals surface area contributed by atoms with Gasteiger partial charge in [0.15, 0.2) is 0 Å². The van der Waals surface area contributed by atoms with E-state index < -0.39 is 32.3 Å². The van der Waals surface area contributed by atoms with Gasteiger partial charge in [-0.15, -0.1) is 9.46 Å². The summed E-state index contributed by atoms with van der Waals surface area (Å²) in [5.41, 5.74) is 1.35. The van der Waals surface area contributed by atoms with Gasteiger partial charge in [-0.25, -0.2) is 4.79 Å². The van der Waals surface area contributed by atoms with Crippen LogP contribution in [0.3, 0.4) is 0 Å². The predicted molar refractivity (Wildman–Crippen MR) is 40.0 cm³/mol. The summed E-state index contributed by atoms with van der Waals surface area (Å²) in [7, 11) is 0. The summed E-state index contributed by atoms with van der Waals surface area (Å²) < 4.78 is -0.718. The summed E-state index contributed by atoms with van der Waals surface area (Å²) in [5, 5.41) is 35.0. The number of nitrogens with two attached hydrogens (primary N) is 1. The molecule has 14 heavy (non-hydrogen) atoms. The van der Waals surface area contributed by atoms with Crippen molar-refractivity contribution >= 4 is 11.5 Å². The fraction of sp³-hybridized carbons (Fsp3) is 0. The summed E-state index contributed by atoms with van der Waals surface area (Å²) >= 11 is 0. The molecule has 0 atom stereocenters. The van der Waals surface area contributed by atoms with Gasteiger partial charge in [0.05, 0.1) is 4.92 Å². The van der Waals surface area contributed by atoms with E-state index in [4.69, 9.17) is 21.6 Å². The van der Waals surface area contributed by atoms with Gasteiger partial charge in [0, 0.05) is 0 Å². The molecule has 0 radical (unpaired) electrons. The number of hydrogen-bond acceptors (Lipinski definition) is 7. The van der Waals surface area contributed by atoms with Gasteiger partial charge in [-0.3, -0.25) is 15.5 Å². The van der Waals surface area contributed by atoms with Crippen LogP contribution in [0.4, 0.5) is 11.5 Å². The van der Waals surface area contributed by atoms with Crippen molar-refractivity contribution in [2.45, 2.75) is 0 Å². The van der Waals surface area contributed by atoms with Crippen LogP contribution in [0.2, 0.25) is 0 Å². The Labute approximate surface area is 74.6 Å². The predicted octanol–water partition coefficient (Wildman–Crippen LogP) is -1.91. The van der Waals surface area contributed by atoms with Crippen molar-refractivity contribution in [3.63, 3.8) is 0 Å². The van der Waals surface area contributed by atoms with Crippen molar-refractivity contribution in [2.24, 2.45) is 0 Å². The molecule has 0 spiro atoms. The third-order valence-electron chi connectivity index (χ3n) is 1.45. The minimum absolute atomic E-state index is 0.323. The van der Waals surface area contributed by atoms with Crippen molar-refractivity contribution in [3.8, 4) is 0 Å². The molecule has 1 aromatic rings. The number of rotatable bonds is 1. The smallest absolute Gasteiger partial charge is 0.398 e. The number of hydrogen-bond donors (Lipinski definition) is 4. The quantitative estimate of drug-likeness (QED) is 0.236. The van der Waals surface area contributed by atoms with E-state index in [1.54, 1.807) is 0 Å². The Kier molecular flexibility index (Phi) is 1.88. The summed E-state index contributed by atoms with van der Waals surface area (Å²) in [6, 6.07) is 0. The fourth-order valence-electron chi connectivity index (χ4n) is 0.790. The average Bonchev–Trinajstić information content (AvgIpc) is 2.11. The van der Waals surface area contributed by atoms with Crippen LogP contribution in [0.25, 0.3) is 0 Å². The lowest BCUT2D eigenvalue weighted by molar-refractivity contribution is -0.387. The van der Waals surface area contributed by atoms with Gasteiger partial charge in [-0.1, -0.05) is 0 Å². The molecule has 5 N–H and O–H groups in total. The lowest BCUT2D eigenvalue weighted by Gasteiger charge is -2.03. The minimum atomic E-state index is -1.46. The van der Waals surface area contributed by atoms with Crippen LogP contribution in [0.15, 0.2) is 4.79 Å². The summed E-state index contributed by atoms with van der Waals surface area (Å²) in [5.74, 6) is -0.921. The van der Waals surface area contributed by atoms with Crippen LogP contribution >= 0.6 is 0 Å². The second-order valence-corrected chi connectivity index (χ2v) is 2.25. The van der Waals surface area contributed by atoms with Gasteiger partial charge in [0.25, 0.3) is 0 Å². The zero-order valence-electron chi connectivity index (χ0n) is 6.54. The molecule has 0 amide bonds. The zero-order valence-corrected chi connectivity index (χ0v) is 6.54. The van der Waals surface area contributed by atoms with E-state index in [9.17, 15) is 14.9 Å². The third-order valence-corrected chi connectivity index (χ3v) is 1.45. The number of aromatic nitrogens is 2. The van der Waals surface area contributed by atoms with Crippen LogP contribution in [0, 0.1) is 15.5 Å². The van der Waals surface area contributed by atoms with E-state index in [0.29, 0.717) is 0 Å². The molecule has 10 heteroatoms. The van der Waals surface area contributed by atoms with E-state index in [-0.39, 0.29) is 4.73 Å². The van der Waals surface area contributed by atoms with Gasteiger partial charge in [-0.05, 0) is 0 Å². The molecule has 0 unspecified atom stereocenters. The van der Waals surface area contributed by atoms with E-state index in [1.165, 1.54) is 0 Å². The van der Waals surface area contributed by atoms with E-state index in [0.717, 1.165) is 0 Å². The number of nitrogens with zero attached hydrogens (tertiary/aromatic N) is 3. The number of nitrogens with one attached hydrogen (secondary N) is 1. The van der Waals surface area contributed by atoms with E-state index in [2.05, 4.69) is 0 Å². The molecule has 0 bridgehead atoms. The van der Waals surface area contributed by atoms with Crippen LogP contribution in [0.5, 0.6) is 0 Å². The molecule has 0 aliphatic carbocycles. The molecule has 1 heterocycles. The number of nitro groups is 1. The molecular formula is C4H5N5O5. The Hall–Kier alpha value is -2.52. The maximum absolute atomic E-state index is 10.8. The van der Waals surface area contributed by atoms with Crippen molar-refractivity contribution in [1.29, 1.82) is 5.41 Å². The third kappa shape index (κ3) is 1.05. The molecule has 0 aliphatic heterocycles. The van der Waals surface area contributed by atoms with E-state index in [1.807, 2.05) is 0 Å². The molecular weight excluding hydrogens is 198 g/mol. The SMILES string of the molecule is N=c1c([N+](=O)[O-])c(N)n(O)c(=O)n1O. The topological polar surface area (TPSA) is 160 Å². The van der Waals surface area contributed by atoms with Gasteiger partial charge < -0.3 is 16.1 Å². The maximum Gasteiger partial charge on any atom is 0.398 e. The molecule has 0 saturated carbocycles. The highest BCUT2D eigenvalue weighted by Crippen LogP contribution is 2.10. The van der Waals surface area contributed by atoms with Gasteiger partial charge in [-0.2, -0.15) is 0 Å². The Morgan fingerprint density at radius 3 is 2.36 bits per heavy atom. The monoisotopic (exact) mass is 203 g/mol. The summed E-state index contributed by atoms with van der Waals surface area (Å²) in [6.07, 6.45) is 0. The molecule has 10 nitrogen and oxygen atoms in total. The number of nitrogen functional groups attached to an aromatic ring is 1. The van der Waals surface area contributed by atoms with Crippen LogP contribution < -0.4 is 16.9 Å². The van der Waals surface area contributed by atoms with Gasteiger partial charge in [0.2, 0.25) is 11.3 Å². The van der Waals surface area contributed by atoms with Crippen LogP contribution in [0.1, 0.15) is 0 Å². The first-order valence-corrected chi connectivity index (χ1v) is 3.13. The van der Waals surface area contributed by atoms with Crippen LogP contribution in [-0.4, -0.2) is 24.8 Å². The average molecular weight is 203 g/mol. The second-order valence-electron chi connectivity index (χ2n) is 2.25. The molecule has 0 fully saturated rings. The normalized spacial score (nSPS) is 10.0. The first kappa shape index (κ1) is 9.57. The maximum atomic E-state index is 10.8. The molecule has 0 saturated heterocycles. The van der Waals surface area contributed by atoms with Gasteiger partial charge >= 0.3 is 11.4 Å². The molecule has 1 aromatic heterocycles.